The van der Waals surface area contributed by atoms with E-state index in [1.807, 2.05) is 6.92 Å². The van der Waals surface area contributed by atoms with Gasteiger partial charge in [0, 0.05) is 18.6 Å². The Morgan fingerprint density at radius 2 is 2.00 bits per heavy atom. The van der Waals surface area contributed by atoms with Crippen LogP contribution in [0.25, 0.3) is 0 Å². The molecule has 2 atom stereocenters. The second kappa shape index (κ2) is 7.41. The van der Waals surface area contributed by atoms with E-state index >= 15 is 0 Å². The maximum absolute atomic E-state index is 13.1. The molecule has 138 valence electrons. The van der Waals surface area contributed by atoms with Crippen LogP contribution >= 0.6 is 0 Å². The van der Waals surface area contributed by atoms with E-state index in [4.69, 9.17) is 0 Å². The molecule has 5 nitrogen and oxygen atoms in total. The zero-order valence-corrected chi connectivity index (χ0v) is 15.3. The second-order valence-corrected chi connectivity index (χ2v) is 9.15. The topological polar surface area (TPSA) is 57.7 Å². The molecule has 3 rings (SSSR count). The van der Waals surface area contributed by atoms with Crippen molar-refractivity contribution in [2.75, 3.05) is 31.1 Å². The van der Waals surface area contributed by atoms with Gasteiger partial charge in [-0.2, -0.15) is 0 Å². The standard InChI is InChI=1S/C18H25FN2O3S/c1-2-21(16-9-11-25(23,24)13-16)18(22)12-20-10-3-4-17(20)14-5-7-15(19)8-6-14/h5-8,16-17H,2-4,9-13H2,1H3. The van der Waals surface area contributed by atoms with Gasteiger partial charge in [-0.25, -0.2) is 12.8 Å². The third kappa shape index (κ3) is 4.20. The largest absolute Gasteiger partial charge is 0.338 e. The van der Waals surface area contributed by atoms with Crippen molar-refractivity contribution < 1.29 is 17.6 Å². The predicted molar refractivity (Wildman–Crippen MR) is 94.4 cm³/mol. The Labute approximate surface area is 148 Å². The summed E-state index contributed by atoms with van der Waals surface area (Å²) in [7, 11) is -3.01. The molecule has 2 saturated heterocycles. The van der Waals surface area contributed by atoms with Gasteiger partial charge < -0.3 is 4.90 Å². The number of rotatable bonds is 5. The molecule has 2 aliphatic rings. The number of hydrogen-bond donors (Lipinski definition) is 0. The summed E-state index contributed by atoms with van der Waals surface area (Å²) in [5, 5.41) is 0. The Bertz CT molecular complexity index is 720. The molecular formula is C18H25FN2O3S. The van der Waals surface area contributed by atoms with Gasteiger partial charge in [-0.1, -0.05) is 12.1 Å². The smallest absolute Gasteiger partial charge is 0.237 e. The predicted octanol–water partition coefficient (Wildman–Crippen LogP) is 2.00. The van der Waals surface area contributed by atoms with Gasteiger partial charge in [0.1, 0.15) is 5.82 Å². The van der Waals surface area contributed by atoms with Crippen molar-refractivity contribution >= 4 is 15.7 Å². The first-order valence-electron chi connectivity index (χ1n) is 8.89. The fraction of sp³-hybridized carbons (Fsp3) is 0.611. The van der Waals surface area contributed by atoms with Gasteiger partial charge in [-0.05, 0) is 50.4 Å². The van der Waals surface area contributed by atoms with Crippen LogP contribution in [0.2, 0.25) is 0 Å². The van der Waals surface area contributed by atoms with Gasteiger partial charge in [0.2, 0.25) is 5.91 Å². The summed E-state index contributed by atoms with van der Waals surface area (Å²) in [5.41, 5.74) is 1.03. The van der Waals surface area contributed by atoms with Gasteiger partial charge in [-0.3, -0.25) is 9.69 Å². The van der Waals surface area contributed by atoms with Gasteiger partial charge in [-0.15, -0.1) is 0 Å². The van der Waals surface area contributed by atoms with Crippen molar-refractivity contribution in [3.63, 3.8) is 0 Å². The Morgan fingerprint density at radius 3 is 2.60 bits per heavy atom. The highest BCUT2D eigenvalue weighted by Crippen LogP contribution is 2.32. The summed E-state index contributed by atoms with van der Waals surface area (Å²) < 4.78 is 36.6. The molecule has 7 heteroatoms. The number of carbonyl (C=O) groups is 1. The lowest BCUT2D eigenvalue weighted by Crippen LogP contribution is -2.46. The van der Waals surface area contributed by atoms with Gasteiger partial charge in [0.05, 0.1) is 18.1 Å². The van der Waals surface area contributed by atoms with Crippen molar-refractivity contribution in [3.05, 3.63) is 35.6 Å². The van der Waals surface area contributed by atoms with Crippen LogP contribution in [0.3, 0.4) is 0 Å². The van der Waals surface area contributed by atoms with Crippen molar-refractivity contribution in [2.45, 2.75) is 38.3 Å². The highest BCUT2D eigenvalue weighted by atomic mass is 32.2. The lowest BCUT2D eigenvalue weighted by atomic mass is 10.0. The van der Waals surface area contributed by atoms with Crippen LogP contribution in [0, 0.1) is 5.82 Å². The molecule has 1 aromatic carbocycles. The minimum absolute atomic E-state index is 0.0152. The summed E-state index contributed by atoms with van der Waals surface area (Å²) in [6, 6.07) is 6.39. The molecule has 0 aromatic heterocycles. The Hall–Kier alpha value is -1.47. The van der Waals surface area contributed by atoms with Crippen molar-refractivity contribution in [2.24, 2.45) is 0 Å². The first kappa shape index (κ1) is 18.3. The van der Waals surface area contributed by atoms with Gasteiger partial charge in [0.25, 0.3) is 0 Å². The zero-order chi connectivity index (χ0) is 18.0. The summed E-state index contributed by atoms with van der Waals surface area (Å²) in [6.45, 7) is 3.53. The maximum atomic E-state index is 13.1. The molecule has 0 radical (unpaired) electrons. The summed E-state index contributed by atoms with van der Waals surface area (Å²) in [4.78, 5) is 16.6. The van der Waals surface area contributed by atoms with Crippen LogP contribution in [0.1, 0.15) is 37.8 Å². The molecule has 2 aliphatic heterocycles. The average Bonchev–Trinajstić information content (AvgIpc) is 3.15. The first-order valence-corrected chi connectivity index (χ1v) is 10.7. The molecule has 25 heavy (non-hydrogen) atoms. The third-order valence-corrected chi connectivity index (χ3v) is 7.02. The van der Waals surface area contributed by atoms with E-state index in [-0.39, 0.29) is 41.9 Å². The molecule has 0 saturated carbocycles. The summed E-state index contributed by atoms with van der Waals surface area (Å²) >= 11 is 0. The van der Waals surface area contributed by atoms with Crippen molar-refractivity contribution in [1.82, 2.24) is 9.80 Å². The number of hydrogen-bond acceptors (Lipinski definition) is 4. The quantitative estimate of drug-likeness (QED) is 0.798. The van der Waals surface area contributed by atoms with Crippen LogP contribution in [-0.4, -0.2) is 61.3 Å². The minimum atomic E-state index is -3.01. The average molecular weight is 368 g/mol. The number of likely N-dealkylation sites (N-methyl/N-ethyl adjacent to an activating group) is 1. The number of likely N-dealkylation sites (tertiary alicyclic amines) is 1. The summed E-state index contributed by atoms with van der Waals surface area (Å²) in [5.74, 6) is -0.0280. The molecule has 0 bridgehead atoms. The van der Waals surface area contributed by atoms with Crippen molar-refractivity contribution in [3.8, 4) is 0 Å². The fourth-order valence-electron chi connectivity index (χ4n) is 4.00. The van der Waals surface area contributed by atoms with E-state index in [1.165, 1.54) is 12.1 Å². The second-order valence-electron chi connectivity index (χ2n) is 6.92. The highest BCUT2D eigenvalue weighted by Gasteiger charge is 2.35. The summed E-state index contributed by atoms with van der Waals surface area (Å²) in [6.07, 6.45) is 2.48. The molecule has 2 fully saturated rings. The number of nitrogens with zero attached hydrogens (tertiary/aromatic N) is 2. The van der Waals surface area contributed by atoms with E-state index in [0.717, 1.165) is 24.9 Å². The lowest BCUT2D eigenvalue weighted by molar-refractivity contribution is -0.134. The molecule has 0 spiro atoms. The SMILES string of the molecule is CCN(C(=O)CN1CCCC1c1ccc(F)cc1)C1CCS(=O)(=O)C1. The number of amides is 1. The molecule has 0 aliphatic carbocycles. The van der Waals surface area contributed by atoms with Gasteiger partial charge in [0.15, 0.2) is 9.84 Å². The molecule has 1 aromatic rings. The normalized spacial score (nSPS) is 26.0. The maximum Gasteiger partial charge on any atom is 0.237 e. The van der Waals surface area contributed by atoms with Crippen LogP contribution in [0.15, 0.2) is 24.3 Å². The van der Waals surface area contributed by atoms with Crippen LogP contribution in [-0.2, 0) is 14.6 Å². The lowest BCUT2D eigenvalue weighted by Gasteiger charge is -2.31. The number of halogens is 1. The Morgan fingerprint density at radius 1 is 1.28 bits per heavy atom. The van der Waals surface area contributed by atoms with E-state index in [9.17, 15) is 17.6 Å². The Balaban J connectivity index is 1.67. The number of carbonyl (C=O) groups excluding carboxylic acids is 1. The van der Waals surface area contributed by atoms with E-state index < -0.39 is 9.84 Å². The number of sulfone groups is 1. The van der Waals surface area contributed by atoms with Crippen LogP contribution in [0.5, 0.6) is 0 Å². The minimum Gasteiger partial charge on any atom is -0.338 e. The van der Waals surface area contributed by atoms with E-state index in [2.05, 4.69) is 4.90 Å². The van der Waals surface area contributed by atoms with E-state index in [1.54, 1.807) is 17.0 Å². The zero-order valence-electron chi connectivity index (χ0n) is 14.5. The monoisotopic (exact) mass is 368 g/mol. The number of benzene rings is 1. The van der Waals surface area contributed by atoms with Crippen LogP contribution in [0.4, 0.5) is 4.39 Å². The molecule has 1 amide bonds. The van der Waals surface area contributed by atoms with Gasteiger partial charge >= 0.3 is 0 Å². The van der Waals surface area contributed by atoms with Crippen molar-refractivity contribution in [1.29, 1.82) is 0 Å². The first-order chi connectivity index (χ1) is 11.9. The highest BCUT2D eigenvalue weighted by molar-refractivity contribution is 7.91. The molecular weight excluding hydrogens is 343 g/mol. The molecule has 0 N–H and O–H groups in total. The fourth-order valence-corrected chi connectivity index (χ4v) is 5.73. The third-order valence-electron chi connectivity index (χ3n) is 5.27. The molecule has 2 heterocycles. The van der Waals surface area contributed by atoms with Crippen LogP contribution < -0.4 is 0 Å². The molecule has 2 unspecified atom stereocenters. The van der Waals surface area contributed by atoms with E-state index in [0.29, 0.717) is 13.0 Å². The Kier molecular flexibility index (Phi) is 5.43.